The molecular weight excluding hydrogens is 549 g/mol. The molecule has 0 radical (unpaired) electrons. The standard InChI is InChI=1S/C26H25F7N4O3/c1-13-4-2-7-18-19(13)36-24(40)22(35-20(18)14-5-3-6-15(27)12-14)37-23(39)17(9-11-26(31,32)33)16(21(34)38)8-10-25(28,29)30/h2-7,12,16-17,22H,8-11H2,1H3,(H2,34,38)(H,36,40)(H,37,39)/t16?,17?,22-/m1/s1. The largest absolute Gasteiger partial charge is 0.389 e. The Labute approximate surface area is 224 Å². The number of nitrogens with zero attached hydrogens (tertiary/aromatic N) is 1. The number of para-hydroxylation sites is 1. The Hall–Kier alpha value is -3.97. The molecule has 0 saturated heterocycles. The first-order valence-corrected chi connectivity index (χ1v) is 12.0. The average Bonchev–Trinajstić information content (AvgIpc) is 2.97. The Morgan fingerprint density at radius 2 is 1.60 bits per heavy atom. The number of carbonyl (C=O) groups excluding carboxylic acids is 3. The van der Waals surface area contributed by atoms with Crippen LogP contribution in [0, 0.1) is 24.6 Å². The number of amides is 3. The highest BCUT2D eigenvalue weighted by Gasteiger charge is 2.40. The smallest absolute Gasteiger partial charge is 0.369 e. The lowest BCUT2D eigenvalue weighted by atomic mass is 9.83. The molecule has 4 N–H and O–H groups in total. The predicted molar refractivity (Wildman–Crippen MR) is 131 cm³/mol. The summed E-state index contributed by atoms with van der Waals surface area (Å²) in [7, 11) is 0. The zero-order valence-corrected chi connectivity index (χ0v) is 21.0. The van der Waals surface area contributed by atoms with Crippen molar-refractivity contribution in [2.24, 2.45) is 22.6 Å². The van der Waals surface area contributed by atoms with Gasteiger partial charge in [0.15, 0.2) is 0 Å². The fraction of sp³-hybridized carbons (Fsp3) is 0.385. The van der Waals surface area contributed by atoms with Gasteiger partial charge in [0.05, 0.1) is 11.4 Å². The molecule has 0 bridgehead atoms. The van der Waals surface area contributed by atoms with Gasteiger partial charge in [-0.05, 0) is 37.5 Å². The van der Waals surface area contributed by atoms with Crippen LogP contribution in [0.5, 0.6) is 0 Å². The van der Waals surface area contributed by atoms with E-state index >= 15 is 0 Å². The predicted octanol–water partition coefficient (Wildman–Crippen LogP) is 4.77. The van der Waals surface area contributed by atoms with Crippen LogP contribution in [-0.2, 0) is 14.4 Å². The Bertz CT molecular complexity index is 1310. The highest BCUT2D eigenvalue weighted by molar-refractivity contribution is 6.20. The first-order valence-electron chi connectivity index (χ1n) is 12.0. The summed E-state index contributed by atoms with van der Waals surface area (Å²) in [5.41, 5.74) is 6.67. The van der Waals surface area contributed by atoms with E-state index in [-0.39, 0.29) is 17.0 Å². The Morgan fingerprint density at radius 3 is 2.17 bits per heavy atom. The molecule has 216 valence electrons. The summed E-state index contributed by atoms with van der Waals surface area (Å²) in [6.45, 7) is 1.66. The topological polar surface area (TPSA) is 114 Å². The van der Waals surface area contributed by atoms with Crippen molar-refractivity contribution in [3.63, 3.8) is 0 Å². The molecule has 0 fully saturated rings. The van der Waals surface area contributed by atoms with Crippen LogP contribution in [0.15, 0.2) is 47.5 Å². The summed E-state index contributed by atoms with van der Waals surface area (Å²) in [6, 6.07) is 10.0. The maximum Gasteiger partial charge on any atom is 0.389 e. The van der Waals surface area contributed by atoms with Gasteiger partial charge in [-0.2, -0.15) is 26.3 Å². The third-order valence-corrected chi connectivity index (χ3v) is 6.33. The van der Waals surface area contributed by atoms with Crippen LogP contribution < -0.4 is 16.4 Å². The van der Waals surface area contributed by atoms with Crippen molar-refractivity contribution >= 4 is 29.1 Å². The number of alkyl halides is 6. The van der Waals surface area contributed by atoms with Crippen LogP contribution in [0.2, 0.25) is 0 Å². The van der Waals surface area contributed by atoms with Gasteiger partial charge < -0.3 is 16.4 Å². The van der Waals surface area contributed by atoms with Gasteiger partial charge in [0.2, 0.25) is 18.0 Å². The molecule has 1 aliphatic heterocycles. The van der Waals surface area contributed by atoms with Crippen molar-refractivity contribution in [2.75, 3.05) is 5.32 Å². The van der Waals surface area contributed by atoms with Gasteiger partial charge in [-0.25, -0.2) is 9.38 Å². The van der Waals surface area contributed by atoms with Crippen LogP contribution in [0.4, 0.5) is 36.4 Å². The van der Waals surface area contributed by atoms with Crippen molar-refractivity contribution in [1.29, 1.82) is 0 Å². The number of halogens is 7. The number of aliphatic imine (C=N–C) groups is 1. The van der Waals surface area contributed by atoms with E-state index in [4.69, 9.17) is 5.73 Å². The number of benzodiazepines with no additional fused rings is 1. The minimum Gasteiger partial charge on any atom is -0.369 e. The molecule has 40 heavy (non-hydrogen) atoms. The van der Waals surface area contributed by atoms with Gasteiger partial charge in [-0.15, -0.1) is 0 Å². The third-order valence-electron chi connectivity index (χ3n) is 6.33. The summed E-state index contributed by atoms with van der Waals surface area (Å²) in [4.78, 5) is 42.6. The minimum absolute atomic E-state index is 0.0530. The normalized spacial score (nSPS) is 17.1. The minimum atomic E-state index is -4.80. The van der Waals surface area contributed by atoms with Gasteiger partial charge in [0.25, 0.3) is 5.91 Å². The second-order valence-electron chi connectivity index (χ2n) is 9.31. The van der Waals surface area contributed by atoms with Crippen molar-refractivity contribution in [3.8, 4) is 0 Å². The monoisotopic (exact) mass is 574 g/mol. The van der Waals surface area contributed by atoms with E-state index in [1.54, 1.807) is 25.1 Å². The zero-order valence-electron chi connectivity index (χ0n) is 21.0. The molecule has 3 rings (SSSR count). The van der Waals surface area contributed by atoms with Crippen molar-refractivity contribution in [1.82, 2.24) is 5.32 Å². The molecule has 1 aliphatic rings. The highest BCUT2D eigenvalue weighted by Crippen LogP contribution is 2.33. The summed E-state index contributed by atoms with van der Waals surface area (Å²) in [5, 5.41) is 4.73. The first kappa shape index (κ1) is 30.6. The molecule has 3 amide bonds. The van der Waals surface area contributed by atoms with Gasteiger partial charge in [-0.3, -0.25) is 14.4 Å². The summed E-state index contributed by atoms with van der Waals surface area (Å²) < 4.78 is 91.6. The lowest BCUT2D eigenvalue weighted by molar-refractivity contribution is -0.152. The summed E-state index contributed by atoms with van der Waals surface area (Å²) in [6.07, 6.45) is -16.6. The summed E-state index contributed by atoms with van der Waals surface area (Å²) >= 11 is 0. The van der Waals surface area contributed by atoms with Crippen molar-refractivity contribution in [3.05, 3.63) is 65.0 Å². The van der Waals surface area contributed by atoms with E-state index in [1.165, 1.54) is 12.1 Å². The fourth-order valence-corrected chi connectivity index (χ4v) is 4.38. The SMILES string of the molecule is Cc1cccc2c1NC(=O)[C@@H](NC(=O)C(CCC(F)(F)F)C(CCC(F)(F)F)C(N)=O)N=C2c1cccc(F)c1. The quantitative estimate of drug-likeness (QED) is 0.375. The van der Waals surface area contributed by atoms with Gasteiger partial charge >= 0.3 is 12.4 Å². The van der Waals surface area contributed by atoms with E-state index in [9.17, 15) is 45.1 Å². The maximum atomic E-state index is 14.0. The Kier molecular flexibility index (Phi) is 9.21. The lowest BCUT2D eigenvalue weighted by Gasteiger charge is -2.26. The van der Waals surface area contributed by atoms with Crippen LogP contribution in [0.25, 0.3) is 0 Å². The number of fused-ring (bicyclic) bond motifs is 1. The van der Waals surface area contributed by atoms with Crippen LogP contribution >= 0.6 is 0 Å². The number of aryl methyl sites for hydroxylation is 1. The Morgan fingerprint density at radius 1 is 1.00 bits per heavy atom. The number of hydrogen-bond acceptors (Lipinski definition) is 4. The van der Waals surface area contributed by atoms with Crippen molar-refractivity contribution < 1.29 is 45.1 Å². The molecule has 2 unspecified atom stereocenters. The van der Waals surface area contributed by atoms with E-state index in [1.807, 2.05) is 0 Å². The maximum absolute atomic E-state index is 14.0. The molecule has 2 aromatic rings. The first-order chi connectivity index (χ1) is 18.6. The molecule has 2 aromatic carbocycles. The number of nitrogens with one attached hydrogen (secondary N) is 2. The summed E-state index contributed by atoms with van der Waals surface area (Å²) in [5.74, 6) is -8.14. The number of carbonyl (C=O) groups is 3. The number of hydrogen-bond donors (Lipinski definition) is 3. The number of nitrogens with two attached hydrogens (primary N) is 1. The number of benzene rings is 2. The molecule has 7 nitrogen and oxygen atoms in total. The zero-order chi connectivity index (χ0) is 29.8. The van der Waals surface area contributed by atoms with E-state index in [2.05, 4.69) is 15.6 Å². The number of rotatable bonds is 9. The Balaban J connectivity index is 2.02. The molecule has 14 heteroatoms. The second kappa shape index (κ2) is 12.0. The molecular formula is C26H25F7N4O3. The van der Waals surface area contributed by atoms with Gasteiger partial charge in [0, 0.05) is 35.8 Å². The van der Waals surface area contributed by atoms with Crippen LogP contribution in [0.3, 0.4) is 0 Å². The molecule has 0 spiro atoms. The van der Waals surface area contributed by atoms with E-state index in [0.717, 1.165) is 12.1 Å². The van der Waals surface area contributed by atoms with Crippen molar-refractivity contribution in [2.45, 2.75) is 51.1 Å². The lowest BCUT2D eigenvalue weighted by Crippen LogP contribution is -2.48. The third kappa shape index (κ3) is 8.02. The molecule has 3 atom stereocenters. The second-order valence-corrected chi connectivity index (χ2v) is 9.31. The van der Waals surface area contributed by atoms with E-state index in [0.29, 0.717) is 11.1 Å². The van der Waals surface area contributed by atoms with Gasteiger partial charge in [-0.1, -0.05) is 30.3 Å². The van der Waals surface area contributed by atoms with Crippen LogP contribution in [-0.4, -0.2) is 42.0 Å². The number of anilines is 1. The molecule has 1 heterocycles. The molecule has 0 aromatic heterocycles. The highest BCUT2D eigenvalue weighted by atomic mass is 19.4. The molecule has 0 aliphatic carbocycles. The fourth-order valence-electron chi connectivity index (χ4n) is 4.38. The molecule has 0 saturated carbocycles. The number of primary amides is 1. The van der Waals surface area contributed by atoms with Gasteiger partial charge in [0.1, 0.15) is 5.82 Å². The van der Waals surface area contributed by atoms with E-state index < -0.39 is 79.6 Å². The van der Waals surface area contributed by atoms with Crippen LogP contribution in [0.1, 0.15) is 42.4 Å². The average molecular weight is 574 g/mol.